The Morgan fingerprint density at radius 2 is 2.04 bits per heavy atom. The third-order valence-electron chi connectivity index (χ3n) is 5.69. The molecule has 0 radical (unpaired) electrons. The zero-order chi connectivity index (χ0) is 19.0. The Kier molecular flexibility index (Phi) is 5.06. The highest BCUT2D eigenvalue weighted by Crippen LogP contribution is 2.45. The molecule has 2 amide bonds. The molecule has 0 N–H and O–H groups in total. The van der Waals surface area contributed by atoms with Gasteiger partial charge in [-0.1, -0.05) is 12.1 Å². The summed E-state index contributed by atoms with van der Waals surface area (Å²) in [5.74, 6) is 1.81. The molecular weight excluding hydrogens is 360 g/mol. The van der Waals surface area contributed by atoms with Crippen LogP contribution in [-0.2, 0) is 6.54 Å². The summed E-state index contributed by atoms with van der Waals surface area (Å²) < 4.78 is 5.31. The fourth-order valence-electron chi connectivity index (χ4n) is 4.49. The fraction of sp³-hybridized carbons (Fsp3) is 0.500. The Morgan fingerprint density at radius 1 is 1.26 bits per heavy atom. The predicted molar refractivity (Wildman–Crippen MR) is 106 cm³/mol. The zero-order valence-electron chi connectivity index (χ0n) is 16.0. The van der Waals surface area contributed by atoms with E-state index in [1.807, 2.05) is 37.9 Å². The number of carbonyl (C=O) groups excluding carboxylic acids is 1. The lowest BCUT2D eigenvalue weighted by Crippen LogP contribution is -2.41. The number of thiazole rings is 1. The number of aromatic nitrogens is 1. The molecule has 4 rings (SSSR count). The average molecular weight is 387 g/mol. The van der Waals surface area contributed by atoms with Crippen molar-refractivity contribution in [1.29, 1.82) is 0 Å². The molecule has 1 aromatic heterocycles. The van der Waals surface area contributed by atoms with Crippen LogP contribution in [0.5, 0.6) is 5.75 Å². The number of likely N-dealkylation sites (tertiary alicyclic amines) is 2. The van der Waals surface area contributed by atoms with E-state index in [4.69, 9.17) is 4.74 Å². The van der Waals surface area contributed by atoms with E-state index in [1.54, 1.807) is 23.3 Å². The van der Waals surface area contributed by atoms with Gasteiger partial charge in [0.25, 0.3) is 0 Å². The maximum Gasteiger partial charge on any atom is 0.320 e. The molecule has 3 atom stereocenters. The summed E-state index contributed by atoms with van der Waals surface area (Å²) in [4.78, 5) is 24.6. The first-order chi connectivity index (χ1) is 13.1. The van der Waals surface area contributed by atoms with Gasteiger partial charge >= 0.3 is 6.03 Å². The summed E-state index contributed by atoms with van der Waals surface area (Å²) in [6.45, 7) is 3.81. The number of fused-ring (bicyclic) bond motifs is 1. The number of benzene rings is 1. The summed E-state index contributed by atoms with van der Waals surface area (Å²) in [6, 6.07) is 8.40. The minimum atomic E-state index is 0.0965. The average Bonchev–Trinajstić information content (AvgIpc) is 3.37. The molecule has 1 aromatic carbocycles. The molecular formula is C20H26N4O2S. The fourth-order valence-corrected chi connectivity index (χ4v) is 5.12. The Hall–Kier alpha value is -2.12. The maximum absolute atomic E-state index is 12.8. The third-order valence-corrected chi connectivity index (χ3v) is 6.45. The zero-order valence-corrected chi connectivity index (χ0v) is 16.9. The lowest BCUT2D eigenvalue weighted by molar-refractivity contribution is 0.152. The number of ether oxygens (including phenoxy) is 1. The van der Waals surface area contributed by atoms with Gasteiger partial charge < -0.3 is 14.5 Å². The van der Waals surface area contributed by atoms with Crippen LogP contribution in [0.1, 0.15) is 16.5 Å². The second-order valence-corrected chi connectivity index (χ2v) is 8.60. The molecule has 2 aliphatic heterocycles. The lowest BCUT2D eigenvalue weighted by atomic mass is 9.89. The molecule has 2 aliphatic rings. The second-order valence-electron chi connectivity index (χ2n) is 7.63. The van der Waals surface area contributed by atoms with E-state index in [1.165, 1.54) is 10.4 Å². The van der Waals surface area contributed by atoms with Crippen LogP contribution >= 0.6 is 11.3 Å². The van der Waals surface area contributed by atoms with Crippen LogP contribution in [0, 0.1) is 11.8 Å². The van der Waals surface area contributed by atoms with Crippen molar-refractivity contribution in [2.45, 2.75) is 12.6 Å². The van der Waals surface area contributed by atoms with Crippen LogP contribution in [0.2, 0.25) is 0 Å². The largest absolute Gasteiger partial charge is 0.497 e. The van der Waals surface area contributed by atoms with E-state index in [0.29, 0.717) is 11.8 Å². The van der Waals surface area contributed by atoms with Crippen molar-refractivity contribution in [3.63, 3.8) is 0 Å². The van der Waals surface area contributed by atoms with Gasteiger partial charge in [-0.15, -0.1) is 11.3 Å². The van der Waals surface area contributed by atoms with Crippen LogP contribution in [0.25, 0.3) is 0 Å². The van der Waals surface area contributed by atoms with Gasteiger partial charge in [-0.05, 0) is 23.6 Å². The van der Waals surface area contributed by atoms with Gasteiger partial charge in [0.1, 0.15) is 5.75 Å². The van der Waals surface area contributed by atoms with Crippen molar-refractivity contribution in [1.82, 2.24) is 19.7 Å². The molecule has 2 fully saturated rings. The monoisotopic (exact) mass is 386 g/mol. The first kappa shape index (κ1) is 18.3. The minimum absolute atomic E-state index is 0.0965. The van der Waals surface area contributed by atoms with Crippen LogP contribution < -0.4 is 4.74 Å². The van der Waals surface area contributed by atoms with E-state index < -0.39 is 0 Å². The van der Waals surface area contributed by atoms with E-state index in [2.05, 4.69) is 26.9 Å². The van der Waals surface area contributed by atoms with Crippen molar-refractivity contribution in [3.05, 3.63) is 46.4 Å². The number of nitrogens with zero attached hydrogens (tertiary/aromatic N) is 4. The summed E-state index contributed by atoms with van der Waals surface area (Å²) in [5.41, 5.74) is 3.09. The molecule has 0 unspecified atom stereocenters. The number of urea groups is 1. The predicted octanol–water partition coefficient (Wildman–Crippen LogP) is 2.94. The van der Waals surface area contributed by atoms with Gasteiger partial charge in [-0.2, -0.15) is 0 Å². The number of carbonyl (C=O) groups is 1. The molecule has 2 saturated heterocycles. The molecule has 27 heavy (non-hydrogen) atoms. The highest BCUT2D eigenvalue weighted by Gasteiger charge is 2.49. The van der Waals surface area contributed by atoms with Gasteiger partial charge in [0.05, 0.1) is 18.7 Å². The molecule has 0 saturated carbocycles. The van der Waals surface area contributed by atoms with E-state index >= 15 is 0 Å². The van der Waals surface area contributed by atoms with Gasteiger partial charge in [-0.25, -0.2) is 4.79 Å². The van der Waals surface area contributed by atoms with Crippen molar-refractivity contribution < 1.29 is 9.53 Å². The lowest BCUT2D eigenvalue weighted by Gasteiger charge is -2.31. The molecule has 3 heterocycles. The molecule has 7 heteroatoms. The van der Waals surface area contributed by atoms with Crippen molar-refractivity contribution in [2.24, 2.45) is 11.8 Å². The van der Waals surface area contributed by atoms with Gasteiger partial charge in [-0.3, -0.25) is 9.88 Å². The quantitative estimate of drug-likeness (QED) is 0.811. The van der Waals surface area contributed by atoms with Crippen LogP contribution in [0.3, 0.4) is 0 Å². The van der Waals surface area contributed by atoms with Gasteiger partial charge in [0.2, 0.25) is 0 Å². The Bertz CT molecular complexity index is 778. The number of amides is 2. The highest BCUT2D eigenvalue weighted by molar-refractivity contribution is 7.09. The number of methoxy groups -OCH3 is 1. The normalized spacial score (nSPS) is 24.9. The summed E-state index contributed by atoms with van der Waals surface area (Å²) in [5, 5.41) is 0. The van der Waals surface area contributed by atoms with E-state index in [0.717, 1.165) is 31.9 Å². The topological polar surface area (TPSA) is 48.9 Å². The van der Waals surface area contributed by atoms with E-state index in [9.17, 15) is 4.79 Å². The van der Waals surface area contributed by atoms with Crippen molar-refractivity contribution >= 4 is 17.4 Å². The van der Waals surface area contributed by atoms with Crippen LogP contribution in [0.15, 0.2) is 36.0 Å². The second kappa shape index (κ2) is 7.48. The third kappa shape index (κ3) is 3.53. The van der Waals surface area contributed by atoms with Gasteiger partial charge in [0, 0.05) is 57.3 Å². The Balaban J connectivity index is 1.57. The molecule has 6 nitrogen and oxygen atoms in total. The molecule has 0 bridgehead atoms. The Labute approximate surface area is 164 Å². The maximum atomic E-state index is 12.8. The summed E-state index contributed by atoms with van der Waals surface area (Å²) in [6.07, 6.45) is 1.96. The Morgan fingerprint density at radius 3 is 2.67 bits per heavy atom. The minimum Gasteiger partial charge on any atom is -0.497 e. The summed E-state index contributed by atoms with van der Waals surface area (Å²) in [7, 11) is 5.34. The molecule has 0 spiro atoms. The van der Waals surface area contributed by atoms with E-state index in [-0.39, 0.29) is 12.1 Å². The molecule has 144 valence electrons. The van der Waals surface area contributed by atoms with Crippen LogP contribution in [0.4, 0.5) is 4.79 Å². The first-order valence-electron chi connectivity index (χ1n) is 9.28. The molecule has 0 aliphatic carbocycles. The number of hydrogen-bond donors (Lipinski definition) is 0. The number of hydrogen-bond acceptors (Lipinski definition) is 5. The smallest absolute Gasteiger partial charge is 0.320 e. The van der Waals surface area contributed by atoms with Crippen molar-refractivity contribution in [2.75, 3.05) is 40.8 Å². The van der Waals surface area contributed by atoms with Crippen LogP contribution in [-0.4, -0.2) is 66.6 Å². The highest BCUT2D eigenvalue weighted by atomic mass is 32.1. The molecule has 2 aromatic rings. The standard InChI is InChI=1S/C20H26N4O2S/c1-22(2)20(25)24-10-15-9-23(11-17-8-21-13-27-17)12-18(15)19(24)14-4-6-16(26-3)7-5-14/h4-8,13,15,18-19H,9-12H2,1-3H3/t15-,18-,19+/m1/s1. The van der Waals surface area contributed by atoms with Crippen molar-refractivity contribution in [3.8, 4) is 5.75 Å². The first-order valence-corrected chi connectivity index (χ1v) is 10.2. The SMILES string of the molecule is COc1ccc([C@H]2[C@@H]3CN(Cc4cncs4)C[C@@H]3CN2C(=O)N(C)C)cc1. The summed E-state index contributed by atoms with van der Waals surface area (Å²) >= 11 is 1.71. The number of rotatable bonds is 4. The van der Waals surface area contributed by atoms with Gasteiger partial charge in [0.15, 0.2) is 0 Å².